The van der Waals surface area contributed by atoms with Gasteiger partial charge in [-0.25, -0.2) is 0 Å². The first-order chi connectivity index (χ1) is 21.5. The van der Waals surface area contributed by atoms with Crippen molar-refractivity contribution >= 4 is 7.37 Å². The number of methoxy groups -OCH3 is 1. The summed E-state index contributed by atoms with van der Waals surface area (Å²) in [5.74, 6) is 2.65. The molecule has 0 spiro atoms. The lowest BCUT2D eigenvalue weighted by Crippen LogP contribution is -2.33. The second-order valence-electron chi connectivity index (χ2n) is 10.3. The van der Waals surface area contributed by atoms with Gasteiger partial charge in [0.1, 0.15) is 28.6 Å². The van der Waals surface area contributed by atoms with Gasteiger partial charge in [0.05, 0.1) is 6.61 Å². The van der Waals surface area contributed by atoms with Crippen molar-refractivity contribution in [3.8, 4) is 34.1 Å². The fraction of sp³-hybridized carbons (Fsp3) is 0.189. The highest BCUT2D eigenvalue weighted by Crippen LogP contribution is 2.49. The van der Waals surface area contributed by atoms with Crippen molar-refractivity contribution < 1.29 is 28.0 Å². The van der Waals surface area contributed by atoms with Gasteiger partial charge in [0.25, 0.3) is 7.37 Å². The first-order valence-corrected chi connectivity index (χ1v) is 16.6. The summed E-state index contributed by atoms with van der Waals surface area (Å²) >= 11 is 0. The standard InChI is InChI=1S/C37H37O6P/c1-3-37(39-2,27-42-44(38,28-40-33-15-9-5-10-16-33)29-41-34-17-11-6-12-18-34)32-21-25-36(26-22-32)43-35-23-19-31(20-24-35)30-13-7-4-8-14-30/h4-26H,3,27-29H2,1-2H3. The second-order valence-corrected chi connectivity index (χ2v) is 12.7. The molecule has 0 saturated carbocycles. The molecule has 0 amide bonds. The fourth-order valence-corrected chi connectivity index (χ4v) is 6.09. The van der Waals surface area contributed by atoms with Crippen LogP contribution < -0.4 is 14.2 Å². The van der Waals surface area contributed by atoms with Gasteiger partial charge in [-0.05, 0) is 71.6 Å². The molecule has 5 aromatic rings. The molecule has 5 rings (SSSR count). The van der Waals surface area contributed by atoms with Gasteiger partial charge in [0.15, 0.2) is 12.7 Å². The van der Waals surface area contributed by atoms with Gasteiger partial charge in [-0.3, -0.25) is 4.57 Å². The van der Waals surface area contributed by atoms with Crippen LogP contribution in [-0.4, -0.2) is 26.4 Å². The summed E-state index contributed by atoms with van der Waals surface area (Å²) in [6, 6.07) is 44.5. The fourth-order valence-electron chi connectivity index (χ4n) is 4.73. The zero-order valence-electron chi connectivity index (χ0n) is 25.0. The summed E-state index contributed by atoms with van der Waals surface area (Å²) in [4.78, 5) is 0. The molecule has 0 aliphatic heterocycles. The molecule has 5 aromatic carbocycles. The van der Waals surface area contributed by atoms with Crippen molar-refractivity contribution in [1.82, 2.24) is 0 Å². The predicted molar refractivity (Wildman–Crippen MR) is 175 cm³/mol. The Kier molecular flexibility index (Phi) is 10.5. The van der Waals surface area contributed by atoms with Crippen LogP contribution in [0.5, 0.6) is 23.0 Å². The third kappa shape index (κ3) is 8.18. The molecule has 7 heteroatoms. The van der Waals surface area contributed by atoms with E-state index in [1.165, 1.54) is 0 Å². The monoisotopic (exact) mass is 608 g/mol. The Morgan fingerprint density at radius 2 is 1.02 bits per heavy atom. The van der Waals surface area contributed by atoms with E-state index in [9.17, 15) is 4.57 Å². The molecule has 1 atom stereocenters. The maximum atomic E-state index is 14.1. The SMILES string of the molecule is CCC(COP(=O)(COc1ccccc1)COc1ccccc1)(OC)c1ccc(Oc2ccc(-c3ccccc3)cc2)cc1. The number of rotatable bonds is 15. The molecular formula is C37H37O6P. The van der Waals surface area contributed by atoms with Crippen molar-refractivity contribution in [1.29, 1.82) is 0 Å². The first-order valence-electron chi connectivity index (χ1n) is 14.6. The van der Waals surface area contributed by atoms with E-state index in [1.807, 2.05) is 134 Å². The van der Waals surface area contributed by atoms with Crippen LogP contribution in [0.3, 0.4) is 0 Å². The number of hydrogen-bond donors (Lipinski definition) is 0. The molecule has 226 valence electrons. The van der Waals surface area contributed by atoms with Crippen molar-refractivity contribution in [3.63, 3.8) is 0 Å². The van der Waals surface area contributed by atoms with Gasteiger partial charge in [-0.15, -0.1) is 0 Å². The summed E-state index contributed by atoms with van der Waals surface area (Å²) in [6.07, 6.45) is 0.316. The maximum Gasteiger partial charge on any atom is 0.275 e. The van der Waals surface area contributed by atoms with Gasteiger partial charge < -0.3 is 23.5 Å². The van der Waals surface area contributed by atoms with Gasteiger partial charge in [-0.2, -0.15) is 0 Å². The van der Waals surface area contributed by atoms with Crippen LogP contribution in [0.25, 0.3) is 11.1 Å². The van der Waals surface area contributed by atoms with Gasteiger partial charge in [0.2, 0.25) is 0 Å². The molecule has 0 aliphatic rings. The van der Waals surface area contributed by atoms with E-state index in [4.69, 9.17) is 23.5 Å². The quantitative estimate of drug-likeness (QED) is 0.110. The maximum absolute atomic E-state index is 14.1. The highest BCUT2D eigenvalue weighted by Gasteiger charge is 2.36. The average molecular weight is 609 g/mol. The van der Waals surface area contributed by atoms with E-state index in [1.54, 1.807) is 7.11 Å². The van der Waals surface area contributed by atoms with E-state index >= 15 is 0 Å². The summed E-state index contributed by atoms with van der Waals surface area (Å²) in [7, 11) is -1.79. The molecule has 0 bridgehead atoms. The lowest BCUT2D eigenvalue weighted by atomic mass is 9.91. The zero-order valence-corrected chi connectivity index (χ0v) is 25.9. The Morgan fingerprint density at radius 1 is 0.568 bits per heavy atom. The van der Waals surface area contributed by atoms with E-state index in [0.29, 0.717) is 23.7 Å². The number of ether oxygens (including phenoxy) is 4. The normalized spacial score (nSPS) is 12.7. The molecule has 0 radical (unpaired) electrons. The Bertz CT molecular complexity index is 1560. The number of para-hydroxylation sites is 2. The van der Waals surface area contributed by atoms with Crippen LogP contribution >= 0.6 is 7.37 Å². The summed E-state index contributed by atoms with van der Waals surface area (Å²) in [5.41, 5.74) is 2.32. The minimum atomic E-state index is -3.42. The summed E-state index contributed by atoms with van der Waals surface area (Å²) < 4.78 is 44.2. The number of benzene rings is 5. The van der Waals surface area contributed by atoms with Crippen LogP contribution in [0.4, 0.5) is 0 Å². The lowest BCUT2D eigenvalue weighted by Gasteiger charge is -2.33. The van der Waals surface area contributed by atoms with Crippen LogP contribution in [0.15, 0.2) is 140 Å². The molecule has 6 nitrogen and oxygen atoms in total. The van der Waals surface area contributed by atoms with E-state index in [2.05, 4.69) is 12.1 Å². The molecule has 0 saturated heterocycles. The Labute approximate surface area is 259 Å². The van der Waals surface area contributed by atoms with Gasteiger partial charge >= 0.3 is 0 Å². The largest absolute Gasteiger partial charge is 0.483 e. The molecule has 0 heterocycles. The van der Waals surface area contributed by atoms with Crippen LogP contribution in [0.2, 0.25) is 0 Å². The predicted octanol–water partition coefficient (Wildman–Crippen LogP) is 9.77. The minimum Gasteiger partial charge on any atom is -0.483 e. The van der Waals surface area contributed by atoms with Crippen molar-refractivity contribution in [2.75, 3.05) is 26.4 Å². The third-order valence-electron chi connectivity index (χ3n) is 7.41. The summed E-state index contributed by atoms with van der Waals surface area (Å²) in [6.45, 7) is 2.06. The van der Waals surface area contributed by atoms with Gasteiger partial charge in [-0.1, -0.05) is 97.9 Å². The molecule has 0 fully saturated rings. The molecule has 0 aromatic heterocycles. The molecule has 0 aliphatic carbocycles. The lowest BCUT2D eigenvalue weighted by molar-refractivity contribution is -0.0528. The smallest absolute Gasteiger partial charge is 0.275 e. The highest BCUT2D eigenvalue weighted by atomic mass is 31.2. The Balaban J connectivity index is 1.27. The van der Waals surface area contributed by atoms with Crippen molar-refractivity contribution in [2.24, 2.45) is 0 Å². The summed E-state index contributed by atoms with van der Waals surface area (Å²) in [5, 5.41) is 0. The molecular weight excluding hydrogens is 571 g/mol. The molecule has 1 unspecified atom stereocenters. The Hall–Kier alpha value is -4.35. The zero-order chi connectivity index (χ0) is 30.7. The molecule has 44 heavy (non-hydrogen) atoms. The van der Waals surface area contributed by atoms with Crippen LogP contribution in [0, 0.1) is 0 Å². The van der Waals surface area contributed by atoms with E-state index < -0.39 is 13.0 Å². The van der Waals surface area contributed by atoms with Crippen LogP contribution in [0.1, 0.15) is 18.9 Å². The topological polar surface area (TPSA) is 63.2 Å². The molecule has 0 N–H and O–H groups in total. The second kappa shape index (κ2) is 14.9. The van der Waals surface area contributed by atoms with E-state index in [-0.39, 0.29) is 19.3 Å². The number of hydrogen-bond acceptors (Lipinski definition) is 6. The van der Waals surface area contributed by atoms with Crippen molar-refractivity contribution in [2.45, 2.75) is 18.9 Å². The highest BCUT2D eigenvalue weighted by molar-refractivity contribution is 7.58. The van der Waals surface area contributed by atoms with Crippen molar-refractivity contribution in [3.05, 3.63) is 145 Å². The first kappa shape index (κ1) is 31.1. The Morgan fingerprint density at radius 3 is 1.50 bits per heavy atom. The van der Waals surface area contributed by atoms with Gasteiger partial charge in [0, 0.05) is 7.11 Å². The third-order valence-corrected chi connectivity index (χ3v) is 9.06. The minimum absolute atomic E-state index is 0.0503. The van der Waals surface area contributed by atoms with E-state index in [0.717, 1.165) is 22.4 Å². The van der Waals surface area contributed by atoms with Crippen LogP contribution in [-0.2, 0) is 19.4 Å². The average Bonchev–Trinajstić information content (AvgIpc) is 3.09.